The molecule has 1 saturated heterocycles. The molecule has 1 heterocycles. The first-order chi connectivity index (χ1) is 13.4. The highest BCUT2D eigenvalue weighted by atomic mass is 35.5. The molecule has 3 rings (SSSR count). The van der Waals surface area contributed by atoms with E-state index in [9.17, 15) is 9.59 Å². The van der Waals surface area contributed by atoms with Gasteiger partial charge >= 0.3 is 5.97 Å². The van der Waals surface area contributed by atoms with E-state index in [0.717, 1.165) is 5.56 Å². The van der Waals surface area contributed by atoms with E-state index in [1.807, 2.05) is 11.8 Å². The molecule has 0 radical (unpaired) electrons. The topological polar surface area (TPSA) is 60.9 Å². The smallest absolute Gasteiger partial charge is 0.303 e. The molecule has 6 heteroatoms. The fourth-order valence-corrected chi connectivity index (χ4v) is 3.84. The molecule has 1 aliphatic heterocycles. The monoisotopic (exact) mass is 400 g/mol. The lowest BCUT2D eigenvalue weighted by atomic mass is 9.98. The molecule has 2 aromatic carbocycles. The second-order valence-corrected chi connectivity index (χ2v) is 7.63. The van der Waals surface area contributed by atoms with Gasteiger partial charge in [0.15, 0.2) is 0 Å². The lowest BCUT2D eigenvalue weighted by Crippen LogP contribution is -2.49. The van der Waals surface area contributed by atoms with Crippen LogP contribution in [0.5, 0.6) is 0 Å². The molecular weight excluding hydrogens is 376 g/mol. The van der Waals surface area contributed by atoms with Crippen molar-refractivity contribution in [3.05, 3.63) is 70.2 Å². The average molecular weight is 401 g/mol. The van der Waals surface area contributed by atoms with Crippen molar-refractivity contribution in [2.45, 2.75) is 25.8 Å². The predicted molar refractivity (Wildman–Crippen MR) is 110 cm³/mol. The van der Waals surface area contributed by atoms with Gasteiger partial charge < -0.3 is 10.0 Å². The highest BCUT2D eigenvalue weighted by Gasteiger charge is 2.28. The maximum Gasteiger partial charge on any atom is 0.303 e. The van der Waals surface area contributed by atoms with Gasteiger partial charge in [-0.15, -0.1) is 0 Å². The molecule has 5 nitrogen and oxygen atoms in total. The molecule has 1 atom stereocenters. The normalized spacial score (nSPS) is 16.0. The maximum absolute atomic E-state index is 12.7. The van der Waals surface area contributed by atoms with Crippen LogP contribution in [0.2, 0.25) is 5.02 Å². The van der Waals surface area contributed by atoms with E-state index < -0.39 is 5.97 Å². The van der Waals surface area contributed by atoms with Gasteiger partial charge in [0.2, 0.25) is 0 Å². The van der Waals surface area contributed by atoms with Crippen LogP contribution in [-0.4, -0.2) is 53.0 Å². The summed E-state index contributed by atoms with van der Waals surface area (Å²) in [5.74, 6) is -0.800. The second kappa shape index (κ2) is 9.22. The Balaban J connectivity index is 1.68. The Kier molecular flexibility index (Phi) is 6.70. The number of carbonyl (C=O) groups excluding carboxylic acids is 1. The van der Waals surface area contributed by atoms with E-state index in [0.29, 0.717) is 43.2 Å². The molecule has 2 aromatic rings. The number of nitrogens with zero attached hydrogens (tertiary/aromatic N) is 2. The number of rotatable bonds is 6. The Bertz CT molecular complexity index is 830. The molecular formula is C22H25ClN2O3. The lowest BCUT2D eigenvalue weighted by Gasteiger charge is -2.39. The van der Waals surface area contributed by atoms with Gasteiger partial charge in [0, 0.05) is 49.2 Å². The van der Waals surface area contributed by atoms with Crippen molar-refractivity contribution in [2.75, 3.05) is 26.2 Å². The SMILES string of the molecule is Cc1ccc([C@H](CCC(=O)O)N2CCN(C(=O)c3cccc(Cl)c3)CC2)cc1. The molecule has 0 unspecified atom stereocenters. The first kappa shape index (κ1) is 20.4. The third-order valence-electron chi connectivity index (χ3n) is 5.21. The average Bonchev–Trinajstić information content (AvgIpc) is 2.69. The van der Waals surface area contributed by atoms with Gasteiger partial charge in [-0.3, -0.25) is 14.5 Å². The molecule has 0 saturated carbocycles. The Labute approximate surface area is 170 Å². The Morgan fingerprint density at radius 1 is 1.07 bits per heavy atom. The van der Waals surface area contributed by atoms with Crippen LogP contribution < -0.4 is 0 Å². The van der Waals surface area contributed by atoms with Gasteiger partial charge in [0.05, 0.1) is 0 Å². The maximum atomic E-state index is 12.7. The van der Waals surface area contributed by atoms with Crippen LogP contribution in [0, 0.1) is 6.92 Å². The molecule has 0 aliphatic carbocycles. The number of amides is 1. The molecule has 1 fully saturated rings. The first-order valence-corrected chi connectivity index (χ1v) is 9.89. The summed E-state index contributed by atoms with van der Waals surface area (Å²) in [6, 6.07) is 15.3. The molecule has 0 aromatic heterocycles. The van der Waals surface area contributed by atoms with Crippen LogP contribution >= 0.6 is 11.6 Å². The van der Waals surface area contributed by atoms with Gasteiger partial charge in [0.25, 0.3) is 5.91 Å². The predicted octanol–water partition coefficient (Wildman–Crippen LogP) is 4.01. The minimum absolute atomic E-state index is 0.0143. The number of aliphatic carboxylic acids is 1. The first-order valence-electron chi connectivity index (χ1n) is 9.51. The van der Waals surface area contributed by atoms with Crippen molar-refractivity contribution < 1.29 is 14.7 Å². The summed E-state index contributed by atoms with van der Waals surface area (Å²) in [7, 11) is 0. The lowest BCUT2D eigenvalue weighted by molar-refractivity contribution is -0.137. The van der Waals surface area contributed by atoms with E-state index in [1.165, 1.54) is 5.56 Å². The fourth-order valence-electron chi connectivity index (χ4n) is 3.65. The van der Waals surface area contributed by atoms with Crippen molar-refractivity contribution in [3.8, 4) is 0 Å². The van der Waals surface area contributed by atoms with Gasteiger partial charge in [0.1, 0.15) is 0 Å². The summed E-state index contributed by atoms with van der Waals surface area (Å²) in [5, 5.41) is 9.69. The zero-order chi connectivity index (χ0) is 20.1. The Morgan fingerprint density at radius 2 is 1.75 bits per heavy atom. The van der Waals surface area contributed by atoms with E-state index >= 15 is 0 Å². The van der Waals surface area contributed by atoms with Crippen LogP contribution in [0.25, 0.3) is 0 Å². The van der Waals surface area contributed by atoms with E-state index in [2.05, 4.69) is 29.2 Å². The molecule has 28 heavy (non-hydrogen) atoms. The van der Waals surface area contributed by atoms with Gasteiger partial charge in [-0.2, -0.15) is 0 Å². The zero-order valence-electron chi connectivity index (χ0n) is 16.0. The molecule has 1 aliphatic rings. The number of aryl methyl sites for hydroxylation is 1. The Hall–Kier alpha value is -2.37. The molecule has 1 amide bonds. The van der Waals surface area contributed by atoms with E-state index in [4.69, 9.17) is 16.7 Å². The standard InChI is InChI=1S/C22H25ClN2O3/c1-16-5-7-17(8-6-16)20(9-10-21(26)27)24-11-13-25(14-12-24)22(28)18-3-2-4-19(23)15-18/h2-8,15,20H,9-14H2,1H3,(H,26,27)/t20-/m0/s1. The van der Waals surface area contributed by atoms with Crippen molar-refractivity contribution in [1.29, 1.82) is 0 Å². The van der Waals surface area contributed by atoms with E-state index in [1.54, 1.807) is 24.3 Å². The number of carboxylic acid groups (broad SMARTS) is 1. The zero-order valence-corrected chi connectivity index (χ0v) is 16.7. The van der Waals surface area contributed by atoms with Crippen molar-refractivity contribution in [3.63, 3.8) is 0 Å². The number of carboxylic acids is 1. The summed E-state index contributed by atoms with van der Waals surface area (Å²) in [5.41, 5.74) is 2.90. The molecule has 148 valence electrons. The third-order valence-corrected chi connectivity index (χ3v) is 5.44. The number of piperazine rings is 1. The quantitative estimate of drug-likeness (QED) is 0.795. The van der Waals surface area contributed by atoms with E-state index in [-0.39, 0.29) is 18.4 Å². The summed E-state index contributed by atoms with van der Waals surface area (Å²) in [6.45, 7) is 4.69. The number of benzene rings is 2. The number of hydrogen-bond acceptors (Lipinski definition) is 3. The fraction of sp³-hybridized carbons (Fsp3) is 0.364. The summed E-state index contributed by atoms with van der Waals surface area (Å²) < 4.78 is 0. The molecule has 1 N–H and O–H groups in total. The van der Waals surface area contributed by atoms with Gasteiger partial charge in [-0.25, -0.2) is 0 Å². The molecule has 0 bridgehead atoms. The van der Waals surface area contributed by atoms with Gasteiger partial charge in [-0.05, 0) is 37.1 Å². The largest absolute Gasteiger partial charge is 0.481 e. The minimum Gasteiger partial charge on any atom is -0.481 e. The third kappa shape index (κ3) is 5.12. The van der Waals surface area contributed by atoms with Crippen LogP contribution in [0.3, 0.4) is 0 Å². The molecule has 0 spiro atoms. The van der Waals surface area contributed by atoms with Crippen LogP contribution in [0.15, 0.2) is 48.5 Å². The number of hydrogen-bond donors (Lipinski definition) is 1. The van der Waals surface area contributed by atoms with Crippen LogP contribution in [0.1, 0.15) is 40.4 Å². The highest BCUT2D eigenvalue weighted by Crippen LogP contribution is 2.27. The van der Waals surface area contributed by atoms with Crippen molar-refractivity contribution in [2.24, 2.45) is 0 Å². The summed E-state index contributed by atoms with van der Waals surface area (Å²) in [6.07, 6.45) is 0.681. The number of halogens is 1. The number of carbonyl (C=O) groups is 2. The minimum atomic E-state index is -0.785. The van der Waals surface area contributed by atoms with Crippen molar-refractivity contribution in [1.82, 2.24) is 9.80 Å². The summed E-state index contributed by atoms with van der Waals surface area (Å²) in [4.78, 5) is 28.0. The van der Waals surface area contributed by atoms with Crippen LogP contribution in [0.4, 0.5) is 0 Å². The van der Waals surface area contributed by atoms with Crippen LogP contribution in [-0.2, 0) is 4.79 Å². The summed E-state index contributed by atoms with van der Waals surface area (Å²) >= 11 is 6.00. The van der Waals surface area contributed by atoms with Crippen molar-refractivity contribution >= 4 is 23.5 Å². The Morgan fingerprint density at radius 3 is 2.36 bits per heavy atom. The highest BCUT2D eigenvalue weighted by molar-refractivity contribution is 6.30. The van der Waals surface area contributed by atoms with Gasteiger partial charge in [-0.1, -0.05) is 47.5 Å². The second-order valence-electron chi connectivity index (χ2n) is 7.20.